The van der Waals surface area contributed by atoms with Crippen molar-refractivity contribution >= 4 is 35.1 Å². The molecular weight excluding hydrogens is 371 g/mol. The summed E-state index contributed by atoms with van der Waals surface area (Å²) in [4.78, 5) is 43.5. The van der Waals surface area contributed by atoms with Crippen LogP contribution in [0.1, 0.15) is 44.0 Å². The van der Waals surface area contributed by atoms with Gasteiger partial charge in [0.2, 0.25) is 5.91 Å². The second-order valence-corrected chi connectivity index (χ2v) is 7.22. The van der Waals surface area contributed by atoms with E-state index < -0.39 is 17.3 Å². The number of nitrogens with zero attached hydrogens (tertiary/aromatic N) is 1. The molecule has 0 unspecified atom stereocenters. The highest BCUT2D eigenvalue weighted by Crippen LogP contribution is 2.24. The summed E-state index contributed by atoms with van der Waals surface area (Å²) < 4.78 is 13.0. The molecule has 1 atom stereocenters. The van der Waals surface area contributed by atoms with Gasteiger partial charge in [-0.25, -0.2) is 9.37 Å². The van der Waals surface area contributed by atoms with E-state index in [-0.39, 0.29) is 34.6 Å². The number of carbonyl (C=O) groups is 2. The Hall–Kier alpha value is -2.68. The van der Waals surface area contributed by atoms with Crippen molar-refractivity contribution in [2.24, 2.45) is 0 Å². The lowest BCUT2D eigenvalue weighted by molar-refractivity contribution is -0.115. The Morgan fingerprint density at radius 2 is 1.89 bits per heavy atom. The average Bonchev–Trinajstić information content (AvgIpc) is 2.64. The third-order valence-electron chi connectivity index (χ3n) is 3.71. The molecule has 1 aromatic carbocycles. The molecule has 2 rings (SSSR count). The molecule has 9 heteroatoms. The van der Waals surface area contributed by atoms with Crippen molar-refractivity contribution in [1.82, 2.24) is 9.97 Å². The Kier molecular flexibility index (Phi) is 7.12. The summed E-state index contributed by atoms with van der Waals surface area (Å²) in [5.74, 6) is -1.46. The summed E-state index contributed by atoms with van der Waals surface area (Å²) in [6.07, 6.45) is 1.06. The van der Waals surface area contributed by atoms with Gasteiger partial charge in [-0.2, -0.15) is 0 Å². The smallest absolute Gasteiger partial charge is 0.277 e. The van der Waals surface area contributed by atoms with Crippen LogP contribution in [0.3, 0.4) is 0 Å². The van der Waals surface area contributed by atoms with E-state index in [9.17, 15) is 18.8 Å². The highest BCUT2D eigenvalue weighted by Gasteiger charge is 2.18. The molecular formula is C18H21FN4O3S. The van der Waals surface area contributed by atoms with Crippen LogP contribution in [0.2, 0.25) is 0 Å². The van der Waals surface area contributed by atoms with Gasteiger partial charge in [-0.1, -0.05) is 32.5 Å². The van der Waals surface area contributed by atoms with Crippen molar-refractivity contribution in [3.8, 4) is 0 Å². The Bertz CT molecular complexity index is 883. The number of thioether (sulfide) groups is 1. The molecule has 27 heavy (non-hydrogen) atoms. The third kappa shape index (κ3) is 5.65. The van der Waals surface area contributed by atoms with Gasteiger partial charge >= 0.3 is 0 Å². The maximum atomic E-state index is 13.0. The van der Waals surface area contributed by atoms with Crippen LogP contribution >= 0.6 is 11.8 Å². The van der Waals surface area contributed by atoms with Crippen LogP contribution in [-0.4, -0.2) is 27.0 Å². The van der Waals surface area contributed by atoms with Crippen molar-refractivity contribution < 1.29 is 14.0 Å². The fraction of sp³-hybridized carbons (Fsp3) is 0.333. The van der Waals surface area contributed by atoms with E-state index >= 15 is 0 Å². The minimum absolute atomic E-state index is 0.0214. The van der Waals surface area contributed by atoms with E-state index in [4.69, 9.17) is 0 Å². The van der Waals surface area contributed by atoms with Crippen molar-refractivity contribution in [2.45, 2.75) is 44.0 Å². The molecule has 0 bridgehead atoms. The number of H-pyrrole nitrogens is 1. The summed E-state index contributed by atoms with van der Waals surface area (Å²) in [5.41, 5.74) is -0.584. The molecule has 0 aliphatic heterocycles. The molecule has 1 aromatic heterocycles. The first kappa shape index (κ1) is 20.6. The zero-order valence-electron chi connectivity index (χ0n) is 15.3. The minimum atomic E-state index is -0.614. The van der Waals surface area contributed by atoms with Crippen LogP contribution in [0.5, 0.6) is 0 Å². The second kappa shape index (κ2) is 9.31. The molecule has 0 aliphatic rings. The predicted molar refractivity (Wildman–Crippen MR) is 104 cm³/mol. The number of anilines is 2. The molecule has 2 amide bonds. The zero-order valence-corrected chi connectivity index (χ0v) is 16.1. The number of halogens is 1. The number of nitrogens with one attached hydrogen (secondary N) is 3. The maximum absolute atomic E-state index is 13.0. The van der Waals surface area contributed by atoms with E-state index in [0.29, 0.717) is 5.16 Å². The number of benzene rings is 1. The van der Waals surface area contributed by atoms with Crippen LogP contribution < -0.4 is 16.2 Å². The first-order chi connectivity index (χ1) is 12.8. The van der Waals surface area contributed by atoms with E-state index in [0.717, 1.165) is 18.6 Å². The quantitative estimate of drug-likeness (QED) is 0.495. The Balaban J connectivity index is 2.37. The van der Waals surface area contributed by atoms with Crippen molar-refractivity contribution in [3.63, 3.8) is 0 Å². The molecule has 0 saturated heterocycles. The highest BCUT2D eigenvalue weighted by molar-refractivity contribution is 7.99. The van der Waals surface area contributed by atoms with Gasteiger partial charge in [0.25, 0.3) is 11.5 Å². The van der Waals surface area contributed by atoms with Gasteiger partial charge in [0, 0.05) is 17.2 Å². The van der Waals surface area contributed by atoms with Crippen LogP contribution in [0.25, 0.3) is 0 Å². The largest absolute Gasteiger partial charge is 0.314 e. The van der Waals surface area contributed by atoms with Gasteiger partial charge in [0.15, 0.2) is 16.7 Å². The van der Waals surface area contributed by atoms with Gasteiger partial charge in [0.1, 0.15) is 5.82 Å². The molecule has 0 radical (unpaired) electrons. The van der Waals surface area contributed by atoms with Crippen molar-refractivity contribution in [2.75, 3.05) is 10.6 Å². The lowest BCUT2D eigenvalue weighted by atomic mass is 10.2. The van der Waals surface area contributed by atoms with Crippen molar-refractivity contribution in [1.29, 1.82) is 0 Å². The highest BCUT2D eigenvalue weighted by atomic mass is 32.2. The molecule has 0 saturated carbocycles. The van der Waals surface area contributed by atoms with Gasteiger partial charge in [-0.3, -0.25) is 19.4 Å². The second-order valence-electron chi connectivity index (χ2n) is 5.79. The average molecular weight is 392 g/mol. The number of aromatic amines is 1. The molecule has 2 aromatic rings. The normalized spacial score (nSPS) is 11.7. The first-order valence-electron chi connectivity index (χ1n) is 8.51. The van der Waals surface area contributed by atoms with Gasteiger partial charge in [-0.05, 0) is 30.7 Å². The van der Waals surface area contributed by atoms with Gasteiger partial charge in [0.05, 0.1) is 0 Å². The number of amides is 2. The number of hydrogen-bond acceptors (Lipinski definition) is 5. The van der Waals surface area contributed by atoms with E-state index in [2.05, 4.69) is 20.6 Å². The molecule has 1 heterocycles. The fourth-order valence-corrected chi connectivity index (χ4v) is 2.84. The molecule has 0 spiro atoms. The Morgan fingerprint density at radius 1 is 1.22 bits per heavy atom. The monoisotopic (exact) mass is 392 g/mol. The van der Waals surface area contributed by atoms with E-state index in [1.54, 1.807) is 6.92 Å². The first-order valence-corrected chi connectivity index (χ1v) is 9.39. The summed E-state index contributed by atoms with van der Waals surface area (Å²) in [6.45, 7) is 5.65. The van der Waals surface area contributed by atoms with E-state index in [1.807, 2.05) is 13.8 Å². The molecule has 0 fully saturated rings. The van der Waals surface area contributed by atoms with E-state index in [1.165, 1.54) is 23.9 Å². The number of carbonyl (C=O) groups excluding carboxylic acids is 2. The third-order valence-corrected chi connectivity index (χ3v) is 4.86. The fourth-order valence-electron chi connectivity index (χ4n) is 2.00. The Morgan fingerprint density at radius 3 is 2.48 bits per heavy atom. The topological polar surface area (TPSA) is 104 Å². The molecule has 144 valence electrons. The standard InChI is InChI=1S/C18H21FN4O3S/c1-4-10(3)27-18-22-15(20-13(24)5-2)14(17(26)23-18)21-16(25)11-6-8-12(19)9-7-11/h6-10H,4-5H2,1-3H3,(H,21,25)(H2,20,22,23,24,26)/t10-/m1/s1. The molecule has 0 aliphatic carbocycles. The summed E-state index contributed by atoms with van der Waals surface area (Å²) in [5, 5.41) is 5.55. The summed E-state index contributed by atoms with van der Waals surface area (Å²) in [6, 6.07) is 4.87. The lowest BCUT2D eigenvalue weighted by Gasteiger charge is -2.13. The Labute approximate surface area is 160 Å². The van der Waals surface area contributed by atoms with Crippen LogP contribution in [0.15, 0.2) is 34.2 Å². The number of rotatable bonds is 7. The van der Waals surface area contributed by atoms with Gasteiger partial charge in [-0.15, -0.1) is 0 Å². The SMILES string of the molecule is CCC(=O)Nc1nc(S[C@H](C)CC)[nH]c(=O)c1NC(=O)c1ccc(F)cc1. The van der Waals surface area contributed by atoms with Crippen LogP contribution in [0, 0.1) is 5.82 Å². The van der Waals surface area contributed by atoms with Gasteiger partial charge < -0.3 is 10.6 Å². The predicted octanol–water partition coefficient (Wildman–Crippen LogP) is 3.40. The van der Waals surface area contributed by atoms with Crippen LogP contribution in [0.4, 0.5) is 15.9 Å². The number of aromatic nitrogens is 2. The summed E-state index contributed by atoms with van der Waals surface area (Å²) in [7, 11) is 0. The lowest BCUT2D eigenvalue weighted by Crippen LogP contribution is -2.25. The number of hydrogen-bond donors (Lipinski definition) is 3. The minimum Gasteiger partial charge on any atom is -0.314 e. The van der Waals surface area contributed by atoms with Crippen LogP contribution in [-0.2, 0) is 4.79 Å². The maximum Gasteiger partial charge on any atom is 0.277 e. The van der Waals surface area contributed by atoms with Crippen molar-refractivity contribution in [3.05, 3.63) is 46.0 Å². The molecule has 7 nitrogen and oxygen atoms in total. The summed E-state index contributed by atoms with van der Waals surface area (Å²) >= 11 is 1.36. The molecule has 3 N–H and O–H groups in total. The zero-order chi connectivity index (χ0) is 20.0.